The molecule has 1 saturated heterocycles. The highest BCUT2D eigenvalue weighted by Gasteiger charge is 2.32. The smallest absolute Gasteiger partial charge is 0.275 e. The van der Waals surface area contributed by atoms with Crippen LogP contribution in [-0.2, 0) is 6.54 Å². The number of likely N-dealkylation sites (N-methyl/N-ethyl adjacent to an activating group) is 1. The van der Waals surface area contributed by atoms with E-state index in [1.54, 1.807) is 6.07 Å². The summed E-state index contributed by atoms with van der Waals surface area (Å²) in [7, 11) is 3.98. The van der Waals surface area contributed by atoms with Gasteiger partial charge in [0.2, 0.25) is 0 Å². The molecule has 1 N–H and O–H groups in total. The molecule has 1 aromatic rings. The zero-order chi connectivity index (χ0) is 15.6. The van der Waals surface area contributed by atoms with Crippen LogP contribution < -0.4 is 0 Å². The normalized spacial score (nSPS) is 22.9. The molecule has 1 fully saturated rings. The summed E-state index contributed by atoms with van der Waals surface area (Å²) >= 11 is 3.27. The van der Waals surface area contributed by atoms with Crippen molar-refractivity contribution >= 4 is 21.6 Å². The molecule has 1 heterocycles. The standard InChI is InChI=1S/C14H20BrN3O3/c1-16(2)8-12-6-13(19)9-17(12)7-10-3-4-11(15)5-14(10)18(20)21/h3-5,12-13,19H,6-9H2,1-2H3. The van der Waals surface area contributed by atoms with Gasteiger partial charge in [-0.15, -0.1) is 0 Å². The lowest BCUT2D eigenvalue weighted by Crippen LogP contribution is -2.37. The van der Waals surface area contributed by atoms with Gasteiger partial charge >= 0.3 is 0 Å². The largest absolute Gasteiger partial charge is 0.392 e. The summed E-state index contributed by atoms with van der Waals surface area (Å²) in [6.45, 7) is 1.88. The number of nitro benzene ring substituents is 1. The molecule has 1 aromatic carbocycles. The summed E-state index contributed by atoms with van der Waals surface area (Å²) < 4.78 is 0.698. The Balaban J connectivity index is 2.18. The van der Waals surface area contributed by atoms with Crippen molar-refractivity contribution in [3.63, 3.8) is 0 Å². The van der Waals surface area contributed by atoms with E-state index in [2.05, 4.69) is 25.7 Å². The molecule has 0 spiro atoms. The number of aliphatic hydroxyl groups is 1. The molecule has 0 radical (unpaired) electrons. The van der Waals surface area contributed by atoms with Crippen LogP contribution in [0.5, 0.6) is 0 Å². The van der Waals surface area contributed by atoms with E-state index in [0.717, 1.165) is 6.54 Å². The number of β-amino-alcohol motifs (C(OH)–C–C–N with tert-alkyl or cyclic N) is 1. The average Bonchev–Trinajstić information content (AvgIpc) is 2.70. The number of hydrogen-bond acceptors (Lipinski definition) is 5. The van der Waals surface area contributed by atoms with Crippen molar-refractivity contribution in [2.75, 3.05) is 27.2 Å². The Hall–Kier alpha value is -1.02. The van der Waals surface area contributed by atoms with Crippen molar-refractivity contribution in [3.05, 3.63) is 38.3 Å². The van der Waals surface area contributed by atoms with Gasteiger partial charge < -0.3 is 10.0 Å². The van der Waals surface area contributed by atoms with Crippen LogP contribution in [0.4, 0.5) is 5.69 Å². The lowest BCUT2D eigenvalue weighted by Gasteiger charge is -2.26. The molecule has 1 aliphatic heterocycles. The van der Waals surface area contributed by atoms with Gasteiger partial charge in [0, 0.05) is 41.8 Å². The van der Waals surface area contributed by atoms with Gasteiger partial charge in [-0.1, -0.05) is 15.9 Å². The monoisotopic (exact) mass is 357 g/mol. The number of likely N-dealkylation sites (tertiary alicyclic amines) is 1. The van der Waals surface area contributed by atoms with E-state index in [-0.39, 0.29) is 22.8 Å². The van der Waals surface area contributed by atoms with Crippen LogP contribution in [0.15, 0.2) is 22.7 Å². The molecule has 0 bridgehead atoms. The molecule has 21 heavy (non-hydrogen) atoms. The number of nitrogens with zero attached hydrogens (tertiary/aromatic N) is 3. The lowest BCUT2D eigenvalue weighted by molar-refractivity contribution is -0.385. The molecule has 116 valence electrons. The van der Waals surface area contributed by atoms with Crippen LogP contribution >= 0.6 is 15.9 Å². The third-order valence-electron chi connectivity index (χ3n) is 3.70. The molecule has 1 aliphatic rings. The third-order valence-corrected chi connectivity index (χ3v) is 4.19. The van der Waals surface area contributed by atoms with E-state index in [4.69, 9.17) is 0 Å². The molecular formula is C14H20BrN3O3. The second kappa shape index (κ2) is 6.83. The van der Waals surface area contributed by atoms with Crippen LogP contribution in [-0.4, -0.2) is 59.2 Å². The van der Waals surface area contributed by atoms with E-state index >= 15 is 0 Å². The van der Waals surface area contributed by atoms with Crippen LogP contribution in [0.1, 0.15) is 12.0 Å². The molecule has 7 heteroatoms. The van der Waals surface area contributed by atoms with Crippen LogP contribution in [0, 0.1) is 10.1 Å². The Kier molecular flexibility index (Phi) is 5.32. The average molecular weight is 358 g/mol. The second-order valence-corrected chi connectivity index (χ2v) is 6.68. The first-order valence-corrected chi connectivity index (χ1v) is 7.65. The van der Waals surface area contributed by atoms with Crippen molar-refractivity contribution in [2.45, 2.75) is 25.1 Å². The van der Waals surface area contributed by atoms with Gasteiger partial charge in [-0.05, 0) is 32.6 Å². The van der Waals surface area contributed by atoms with Gasteiger partial charge in [0.05, 0.1) is 11.0 Å². The Morgan fingerprint density at radius 2 is 2.24 bits per heavy atom. The quantitative estimate of drug-likeness (QED) is 0.643. The van der Waals surface area contributed by atoms with Gasteiger partial charge in [-0.2, -0.15) is 0 Å². The van der Waals surface area contributed by atoms with Crippen LogP contribution in [0.25, 0.3) is 0 Å². The van der Waals surface area contributed by atoms with Crippen LogP contribution in [0.2, 0.25) is 0 Å². The fourth-order valence-corrected chi connectivity index (χ4v) is 3.17. The predicted octanol–water partition coefficient (Wildman–Crippen LogP) is 1.85. The summed E-state index contributed by atoms with van der Waals surface area (Å²) in [5.74, 6) is 0. The number of aliphatic hydroxyl groups excluding tert-OH is 1. The Labute approximate surface area is 132 Å². The summed E-state index contributed by atoms with van der Waals surface area (Å²) in [6.07, 6.45) is 0.354. The minimum atomic E-state index is -0.357. The van der Waals surface area contributed by atoms with Gasteiger partial charge in [0.1, 0.15) is 0 Å². The Morgan fingerprint density at radius 3 is 2.86 bits per heavy atom. The molecular weight excluding hydrogens is 338 g/mol. The maximum absolute atomic E-state index is 11.2. The zero-order valence-electron chi connectivity index (χ0n) is 12.2. The lowest BCUT2D eigenvalue weighted by atomic mass is 10.1. The fourth-order valence-electron chi connectivity index (χ4n) is 2.82. The summed E-state index contributed by atoms with van der Waals surface area (Å²) in [5.41, 5.74) is 0.801. The molecule has 0 aromatic heterocycles. The van der Waals surface area contributed by atoms with Crippen molar-refractivity contribution in [2.24, 2.45) is 0 Å². The number of benzene rings is 1. The van der Waals surface area contributed by atoms with Gasteiger partial charge in [-0.25, -0.2) is 0 Å². The molecule has 2 unspecified atom stereocenters. The van der Waals surface area contributed by atoms with E-state index in [1.165, 1.54) is 6.07 Å². The summed E-state index contributed by atoms with van der Waals surface area (Å²) in [5, 5.41) is 21.1. The summed E-state index contributed by atoms with van der Waals surface area (Å²) in [4.78, 5) is 15.0. The Morgan fingerprint density at radius 1 is 1.52 bits per heavy atom. The first-order chi connectivity index (χ1) is 9.86. The SMILES string of the molecule is CN(C)CC1CC(O)CN1Cc1ccc(Br)cc1[N+](=O)[O-]. The first kappa shape index (κ1) is 16.4. The maximum atomic E-state index is 11.2. The number of rotatable bonds is 5. The molecule has 6 nitrogen and oxygen atoms in total. The highest BCUT2D eigenvalue weighted by Crippen LogP contribution is 2.28. The molecule has 0 aliphatic carbocycles. The van der Waals surface area contributed by atoms with Gasteiger partial charge in [-0.3, -0.25) is 15.0 Å². The molecule has 2 atom stereocenters. The highest BCUT2D eigenvalue weighted by atomic mass is 79.9. The topological polar surface area (TPSA) is 69.8 Å². The number of hydrogen-bond donors (Lipinski definition) is 1. The molecule has 0 amide bonds. The minimum absolute atomic E-state index is 0.120. The van der Waals surface area contributed by atoms with E-state index < -0.39 is 0 Å². The van der Waals surface area contributed by atoms with E-state index in [1.807, 2.05) is 20.2 Å². The van der Waals surface area contributed by atoms with E-state index in [9.17, 15) is 15.2 Å². The van der Waals surface area contributed by atoms with Crippen molar-refractivity contribution in [1.82, 2.24) is 9.80 Å². The minimum Gasteiger partial charge on any atom is -0.392 e. The number of halogens is 1. The Bertz CT molecular complexity index is 524. The first-order valence-electron chi connectivity index (χ1n) is 6.86. The zero-order valence-corrected chi connectivity index (χ0v) is 13.8. The van der Waals surface area contributed by atoms with Crippen molar-refractivity contribution < 1.29 is 10.0 Å². The van der Waals surface area contributed by atoms with Crippen molar-refractivity contribution in [3.8, 4) is 0 Å². The third kappa shape index (κ3) is 4.23. The summed E-state index contributed by atoms with van der Waals surface area (Å²) in [6, 6.07) is 5.34. The fraction of sp³-hybridized carbons (Fsp3) is 0.571. The second-order valence-electron chi connectivity index (χ2n) is 5.77. The predicted molar refractivity (Wildman–Crippen MR) is 84.2 cm³/mol. The molecule has 2 rings (SSSR count). The van der Waals surface area contributed by atoms with E-state index in [0.29, 0.717) is 29.5 Å². The van der Waals surface area contributed by atoms with Gasteiger partial charge in [0.25, 0.3) is 5.69 Å². The number of nitro groups is 1. The highest BCUT2D eigenvalue weighted by molar-refractivity contribution is 9.10. The maximum Gasteiger partial charge on any atom is 0.275 e. The van der Waals surface area contributed by atoms with Crippen molar-refractivity contribution in [1.29, 1.82) is 0 Å². The van der Waals surface area contributed by atoms with Gasteiger partial charge in [0.15, 0.2) is 0 Å². The van der Waals surface area contributed by atoms with Crippen LogP contribution in [0.3, 0.4) is 0 Å². The molecule has 0 saturated carbocycles.